The number of rotatable bonds is 6. The Morgan fingerprint density at radius 3 is 2.38 bits per heavy atom. The SMILES string of the molecule is CC.CCCC(CCC)C1CCN(C2CCCNC2)C=N1. The first kappa shape index (κ1) is 18.5. The average molecular weight is 296 g/mol. The number of hydrogen-bond donors (Lipinski definition) is 1. The zero-order valence-electron chi connectivity index (χ0n) is 14.8. The van der Waals surface area contributed by atoms with Crippen LogP contribution in [0.4, 0.5) is 0 Å². The molecule has 2 atom stereocenters. The highest BCUT2D eigenvalue weighted by Crippen LogP contribution is 2.25. The van der Waals surface area contributed by atoms with Crippen LogP contribution in [0.5, 0.6) is 0 Å². The van der Waals surface area contributed by atoms with Gasteiger partial charge in [-0.25, -0.2) is 0 Å². The largest absolute Gasteiger partial charge is 0.359 e. The fourth-order valence-electron chi connectivity index (χ4n) is 3.61. The van der Waals surface area contributed by atoms with Gasteiger partial charge >= 0.3 is 0 Å². The Bertz CT molecular complexity index is 266. The van der Waals surface area contributed by atoms with Crippen LogP contribution in [-0.4, -0.2) is 43.0 Å². The first-order chi connectivity index (χ1) is 10.3. The molecule has 0 saturated carbocycles. The summed E-state index contributed by atoms with van der Waals surface area (Å²) >= 11 is 0. The molecule has 2 aliphatic rings. The van der Waals surface area contributed by atoms with Crippen molar-refractivity contribution in [2.24, 2.45) is 10.9 Å². The Hall–Kier alpha value is -0.570. The van der Waals surface area contributed by atoms with Crippen molar-refractivity contribution in [2.45, 2.75) is 84.7 Å². The normalized spacial score (nSPS) is 25.7. The smallest absolute Gasteiger partial charge is 0.0856 e. The van der Waals surface area contributed by atoms with E-state index in [9.17, 15) is 0 Å². The van der Waals surface area contributed by atoms with Crippen LogP contribution in [0.1, 0.15) is 72.6 Å². The lowest BCUT2D eigenvalue weighted by atomic mass is 9.88. The van der Waals surface area contributed by atoms with Crippen LogP contribution in [0.2, 0.25) is 0 Å². The number of hydrogen-bond acceptors (Lipinski definition) is 3. The highest BCUT2D eigenvalue weighted by atomic mass is 15.2. The van der Waals surface area contributed by atoms with Crippen LogP contribution in [-0.2, 0) is 0 Å². The highest BCUT2D eigenvalue weighted by molar-refractivity contribution is 5.57. The van der Waals surface area contributed by atoms with Crippen LogP contribution < -0.4 is 5.32 Å². The molecule has 0 radical (unpaired) electrons. The minimum atomic E-state index is 0.590. The van der Waals surface area contributed by atoms with E-state index in [-0.39, 0.29) is 0 Å². The zero-order valence-corrected chi connectivity index (χ0v) is 14.8. The Labute approximate surface area is 132 Å². The highest BCUT2D eigenvalue weighted by Gasteiger charge is 2.26. The summed E-state index contributed by atoms with van der Waals surface area (Å²) in [6.45, 7) is 12.2. The number of nitrogens with one attached hydrogen (secondary N) is 1. The van der Waals surface area contributed by atoms with E-state index in [4.69, 9.17) is 4.99 Å². The van der Waals surface area contributed by atoms with Gasteiger partial charge in [-0.2, -0.15) is 0 Å². The lowest BCUT2D eigenvalue weighted by molar-refractivity contribution is 0.225. The van der Waals surface area contributed by atoms with E-state index in [0.717, 1.165) is 12.5 Å². The van der Waals surface area contributed by atoms with Gasteiger partial charge in [0.05, 0.1) is 12.4 Å². The number of piperidine rings is 1. The molecule has 3 nitrogen and oxygen atoms in total. The molecule has 2 aliphatic heterocycles. The van der Waals surface area contributed by atoms with E-state index < -0.39 is 0 Å². The van der Waals surface area contributed by atoms with Gasteiger partial charge in [0.15, 0.2) is 0 Å². The molecule has 0 amide bonds. The standard InChI is InChI=1S/C16H31N3.C2H6/c1-3-6-14(7-4-2)16-9-11-19(13-18-16)15-8-5-10-17-12-15;1-2/h13-17H,3-12H2,1-2H3;1-2H3. The van der Waals surface area contributed by atoms with Crippen LogP contribution in [0.15, 0.2) is 4.99 Å². The predicted octanol–water partition coefficient (Wildman–Crippen LogP) is 4.08. The fraction of sp³-hybridized carbons (Fsp3) is 0.944. The molecule has 2 heterocycles. The average Bonchev–Trinajstić information content (AvgIpc) is 2.57. The third-order valence-corrected chi connectivity index (χ3v) is 4.69. The maximum atomic E-state index is 4.90. The Morgan fingerprint density at radius 1 is 1.19 bits per heavy atom. The van der Waals surface area contributed by atoms with Gasteiger partial charge in [0, 0.05) is 19.1 Å². The van der Waals surface area contributed by atoms with Gasteiger partial charge in [0.2, 0.25) is 0 Å². The van der Waals surface area contributed by atoms with Gasteiger partial charge in [0.1, 0.15) is 0 Å². The molecule has 2 unspecified atom stereocenters. The van der Waals surface area contributed by atoms with Crippen LogP contribution in [0, 0.1) is 5.92 Å². The van der Waals surface area contributed by atoms with Crippen LogP contribution in [0.3, 0.4) is 0 Å². The summed E-state index contributed by atoms with van der Waals surface area (Å²) in [7, 11) is 0. The zero-order chi connectivity index (χ0) is 15.5. The molecule has 0 aliphatic carbocycles. The van der Waals surface area contributed by atoms with Crippen molar-refractivity contribution in [3.8, 4) is 0 Å². The van der Waals surface area contributed by atoms with E-state index in [0.29, 0.717) is 12.1 Å². The van der Waals surface area contributed by atoms with Crippen molar-refractivity contribution in [1.82, 2.24) is 10.2 Å². The van der Waals surface area contributed by atoms with Crippen LogP contribution >= 0.6 is 0 Å². The second-order valence-electron chi connectivity index (χ2n) is 6.20. The molecule has 21 heavy (non-hydrogen) atoms. The van der Waals surface area contributed by atoms with Crippen LogP contribution in [0.25, 0.3) is 0 Å². The molecular weight excluding hydrogens is 258 g/mol. The molecule has 0 aromatic rings. The molecule has 1 N–H and O–H groups in total. The van der Waals surface area contributed by atoms with Gasteiger partial charge in [-0.3, -0.25) is 4.99 Å². The van der Waals surface area contributed by atoms with Gasteiger partial charge in [-0.15, -0.1) is 0 Å². The summed E-state index contributed by atoms with van der Waals surface area (Å²) in [5.41, 5.74) is 0. The number of aliphatic imine (C=N–C) groups is 1. The maximum Gasteiger partial charge on any atom is 0.0856 e. The van der Waals surface area contributed by atoms with Crippen molar-refractivity contribution in [1.29, 1.82) is 0 Å². The first-order valence-corrected chi connectivity index (χ1v) is 9.34. The minimum Gasteiger partial charge on any atom is -0.359 e. The van der Waals surface area contributed by atoms with E-state index in [2.05, 4.69) is 30.4 Å². The maximum absolute atomic E-state index is 4.90. The molecule has 0 spiro atoms. The summed E-state index contributed by atoms with van der Waals surface area (Å²) in [4.78, 5) is 7.38. The van der Waals surface area contributed by atoms with E-state index in [1.807, 2.05) is 13.8 Å². The van der Waals surface area contributed by atoms with Crippen molar-refractivity contribution >= 4 is 6.34 Å². The lowest BCUT2D eigenvalue weighted by Crippen LogP contribution is -2.48. The van der Waals surface area contributed by atoms with Gasteiger partial charge in [-0.1, -0.05) is 40.5 Å². The third kappa shape index (κ3) is 5.98. The molecule has 0 bridgehead atoms. The van der Waals surface area contributed by atoms with Crippen molar-refractivity contribution in [2.75, 3.05) is 19.6 Å². The lowest BCUT2D eigenvalue weighted by Gasteiger charge is -2.38. The fourth-order valence-corrected chi connectivity index (χ4v) is 3.61. The minimum absolute atomic E-state index is 0.590. The van der Waals surface area contributed by atoms with Gasteiger partial charge < -0.3 is 10.2 Å². The van der Waals surface area contributed by atoms with Crippen molar-refractivity contribution < 1.29 is 0 Å². The summed E-state index contributed by atoms with van der Waals surface area (Å²) in [5.74, 6) is 0.817. The summed E-state index contributed by atoms with van der Waals surface area (Å²) < 4.78 is 0. The molecule has 124 valence electrons. The first-order valence-electron chi connectivity index (χ1n) is 9.34. The Balaban J connectivity index is 0.00000106. The Kier molecular flexibility index (Phi) is 9.73. The molecule has 1 saturated heterocycles. The van der Waals surface area contributed by atoms with E-state index >= 15 is 0 Å². The molecule has 0 aromatic carbocycles. The molecule has 2 rings (SSSR count). The van der Waals surface area contributed by atoms with E-state index in [1.54, 1.807) is 0 Å². The topological polar surface area (TPSA) is 27.6 Å². The summed E-state index contributed by atoms with van der Waals surface area (Å²) in [5, 5.41) is 3.50. The molecule has 1 fully saturated rings. The van der Waals surface area contributed by atoms with Gasteiger partial charge in [0.25, 0.3) is 0 Å². The Morgan fingerprint density at radius 2 is 1.90 bits per heavy atom. The van der Waals surface area contributed by atoms with Crippen molar-refractivity contribution in [3.05, 3.63) is 0 Å². The molecule has 0 aromatic heterocycles. The predicted molar refractivity (Wildman–Crippen MR) is 94.1 cm³/mol. The quantitative estimate of drug-likeness (QED) is 0.799. The second kappa shape index (κ2) is 11.1. The third-order valence-electron chi connectivity index (χ3n) is 4.69. The van der Waals surface area contributed by atoms with Gasteiger partial charge in [-0.05, 0) is 44.6 Å². The molecule has 3 heteroatoms. The molecular formula is C18H37N3. The number of nitrogens with zero attached hydrogens (tertiary/aromatic N) is 2. The monoisotopic (exact) mass is 295 g/mol. The van der Waals surface area contributed by atoms with Crippen molar-refractivity contribution in [3.63, 3.8) is 0 Å². The second-order valence-corrected chi connectivity index (χ2v) is 6.20. The van der Waals surface area contributed by atoms with E-state index in [1.165, 1.54) is 58.0 Å². The summed E-state index contributed by atoms with van der Waals surface area (Å²) in [6.07, 6.45) is 11.4. The summed E-state index contributed by atoms with van der Waals surface area (Å²) in [6, 6.07) is 1.28.